The molecule has 2 rings (SSSR count). The molecule has 0 spiro atoms. The van der Waals surface area contributed by atoms with Crippen molar-refractivity contribution in [2.24, 2.45) is 0 Å². The number of halogens is 1. The molecule has 5 nitrogen and oxygen atoms in total. The summed E-state index contributed by atoms with van der Waals surface area (Å²) in [6, 6.07) is 9.39. The van der Waals surface area contributed by atoms with E-state index in [2.05, 4.69) is 15.6 Å². The van der Waals surface area contributed by atoms with Gasteiger partial charge in [-0.25, -0.2) is 9.37 Å². The van der Waals surface area contributed by atoms with Crippen LogP contribution >= 0.6 is 0 Å². The molecule has 21 heavy (non-hydrogen) atoms. The first kappa shape index (κ1) is 14.9. The third kappa shape index (κ3) is 4.85. The van der Waals surface area contributed by atoms with E-state index in [1.165, 1.54) is 12.1 Å². The van der Waals surface area contributed by atoms with Crippen LogP contribution in [0.2, 0.25) is 0 Å². The average Bonchev–Trinajstić information content (AvgIpc) is 2.47. The van der Waals surface area contributed by atoms with E-state index in [0.29, 0.717) is 18.1 Å². The third-order valence-corrected chi connectivity index (χ3v) is 2.73. The zero-order chi connectivity index (χ0) is 15.1. The number of anilines is 1. The maximum Gasteiger partial charge on any atom is 0.238 e. The van der Waals surface area contributed by atoms with Crippen molar-refractivity contribution in [1.29, 1.82) is 0 Å². The van der Waals surface area contributed by atoms with Crippen LogP contribution in [0.1, 0.15) is 5.56 Å². The van der Waals surface area contributed by atoms with Gasteiger partial charge in [0.25, 0.3) is 0 Å². The molecule has 2 N–H and O–H groups in total. The SMILES string of the molecule is COc1cc(CNCC(=O)Nc2cccc(F)c2)ccn1. The molecule has 1 amide bonds. The van der Waals surface area contributed by atoms with E-state index < -0.39 is 0 Å². The molecule has 0 saturated heterocycles. The number of ether oxygens (including phenoxy) is 1. The highest BCUT2D eigenvalue weighted by molar-refractivity contribution is 5.92. The van der Waals surface area contributed by atoms with Crippen molar-refractivity contribution in [3.63, 3.8) is 0 Å². The molecule has 0 aliphatic heterocycles. The molecule has 0 aliphatic rings. The number of amides is 1. The first-order chi connectivity index (χ1) is 10.2. The van der Waals surface area contributed by atoms with Gasteiger partial charge in [-0.15, -0.1) is 0 Å². The number of carbonyl (C=O) groups is 1. The van der Waals surface area contributed by atoms with Crippen molar-refractivity contribution in [2.75, 3.05) is 19.0 Å². The van der Waals surface area contributed by atoms with Crippen molar-refractivity contribution in [2.45, 2.75) is 6.54 Å². The smallest absolute Gasteiger partial charge is 0.238 e. The number of nitrogens with zero attached hydrogens (tertiary/aromatic N) is 1. The number of rotatable bonds is 6. The van der Waals surface area contributed by atoms with Gasteiger partial charge in [-0.1, -0.05) is 6.07 Å². The van der Waals surface area contributed by atoms with Gasteiger partial charge in [0, 0.05) is 24.5 Å². The summed E-state index contributed by atoms with van der Waals surface area (Å²) in [6.45, 7) is 0.636. The van der Waals surface area contributed by atoms with E-state index >= 15 is 0 Å². The fourth-order valence-corrected chi connectivity index (χ4v) is 1.76. The lowest BCUT2D eigenvalue weighted by atomic mass is 10.2. The Labute approximate surface area is 122 Å². The van der Waals surface area contributed by atoms with E-state index in [9.17, 15) is 9.18 Å². The molecule has 0 atom stereocenters. The lowest BCUT2D eigenvalue weighted by Crippen LogP contribution is -2.27. The topological polar surface area (TPSA) is 63.2 Å². The largest absolute Gasteiger partial charge is 0.481 e. The third-order valence-electron chi connectivity index (χ3n) is 2.73. The van der Waals surface area contributed by atoms with Crippen LogP contribution in [0.4, 0.5) is 10.1 Å². The molecule has 110 valence electrons. The Kier molecular flexibility index (Phi) is 5.22. The summed E-state index contributed by atoms with van der Waals surface area (Å²) in [5.41, 5.74) is 1.40. The van der Waals surface area contributed by atoms with Crippen molar-refractivity contribution in [3.8, 4) is 5.88 Å². The predicted octanol–water partition coefficient (Wildman–Crippen LogP) is 1.96. The van der Waals surface area contributed by atoms with Crippen LogP contribution in [-0.4, -0.2) is 24.5 Å². The monoisotopic (exact) mass is 289 g/mol. The summed E-state index contributed by atoms with van der Waals surface area (Å²) in [5, 5.41) is 5.61. The maximum absolute atomic E-state index is 13.0. The van der Waals surface area contributed by atoms with Gasteiger partial charge in [-0.05, 0) is 29.8 Å². The quantitative estimate of drug-likeness (QED) is 0.853. The Morgan fingerprint density at radius 3 is 2.95 bits per heavy atom. The minimum Gasteiger partial charge on any atom is -0.481 e. The normalized spacial score (nSPS) is 10.2. The second-order valence-electron chi connectivity index (χ2n) is 4.37. The maximum atomic E-state index is 13.0. The summed E-state index contributed by atoms with van der Waals surface area (Å²) in [4.78, 5) is 15.7. The average molecular weight is 289 g/mol. The van der Waals surface area contributed by atoms with Gasteiger partial charge < -0.3 is 15.4 Å². The van der Waals surface area contributed by atoms with Crippen molar-refractivity contribution < 1.29 is 13.9 Å². The molecule has 0 bridgehead atoms. The highest BCUT2D eigenvalue weighted by Gasteiger charge is 2.03. The highest BCUT2D eigenvalue weighted by Crippen LogP contribution is 2.09. The van der Waals surface area contributed by atoms with Gasteiger partial charge in [0.05, 0.1) is 13.7 Å². The number of carbonyl (C=O) groups excluding carboxylic acids is 1. The number of hydrogen-bond donors (Lipinski definition) is 2. The molecule has 0 saturated carbocycles. The Bertz CT molecular complexity index is 619. The Hall–Kier alpha value is -2.47. The minimum absolute atomic E-state index is 0.126. The van der Waals surface area contributed by atoms with Gasteiger partial charge in [0.15, 0.2) is 0 Å². The van der Waals surface area contributed by atoms with E-state index in [-0.39, 0.29) is 18.3 Å². The van der Waals surface area contributed by atoms with Crippen LogP contribution in [0.3, 0.4) is 0 Å². The molecular formula is C15H16FN3O2. The zero-order valence-electron chi connectivity index (χ0n) is 11.6. The lowest BCUT2D eigenvalue weighted by molar-refractivity contribution is -0.115. The molecule has 0 radical (unpaired) electrons. The summed E-state index contributed by atoms with van der Waals surface area (Å²) in [6.07, 6.45) is 1.64. The van der Waals surface area contributed by atoms with Crippen LogP contribution in [-0.2, 0) is 11.3 Å². The first-order valence-electron chi connectivity index (χ1n) is 6.42. The van der Waals surface area contributed by atoms with Crippen LogP contribution < -0.4 is 15.4 Å². The van der Waals surface area contributed by atoms with Gasteiger partial charge in [0.1, 0.15) is 5.82 Å². The number of benzene rings is 1. The summed E-state index contributed by atoms with van der Waals surface area (Å²) in [7, 11) is 1.55. The number of pyridine rings is 1. The predicted molar refractivity (Wildman–Crippen MR) is 77.5 cm³/mol. The molecular weight excluding hydrogens is 273 g/mol. The van der Waals surface area contributed by atoms with Gasteiger partial charge >= 0.3 is 0 Å². The standard InChI is InChI=1S/C15H16FN3O2/c1-21-15-7-11(5-6-18-15)9-17-10-14(20)19-13-4-2-3-12(16)8-13/h2-8,17H,9-10H2,1H3,(H,19,20). The van der Waals surface area contributed by atoms with Gasteiger partial charge in [0.2, 0.25) is 11.8 Å². The van der Waals surface area contributed by atoms with E-state index in [1.807, 2.05) is 6.07 Å². The second kappa shape index (κ2) is 7.35. The molecule has 1 heterocycles. The van der Waals surface area contributed by atoms with Crippen LogP contribution in [0.5, 0.6) is 5.88 Å². The fraction of sp³-hybridized carbons (Fsp3) is 0.200. The molecule has 1 aromatic heterocycles. The second-order valence-corrected chi connectivity index (χ2v) is 4.37. The van der Waals surface area contributed by atoms with E-state index in [1.54, 1.807) is 31.5 Å². The Balaban J connectivity index is 1.79. The Morgan fingerprint density at radius 2 is 2.19 bits per heavy atom. The summed E-state index contributed by atoms with van der Waals surface area (Å²) in [5.74, 6) is -0.0928. The molecule has 2 aromatic rings. The van der Waals surface area contributed by atoms with Gasteiger partial charge in [-0.2, -0.15) is 0 Å². The summed E-state index contributed by atoms with van der Waals surface area (Å²) < 4.78 is 18.0. The lowest BCUT2D eigenvalue weighted by Gasteiger charge is -2.07. The Morgan fingerprint density at radius 1 is 1.33 bits per heavy atom. The molecule has 0 fully saturated rings. The van der Waals surface area contributed by atoms with E-state index in [4.69, 9.17) is 4.74 Å². The van der Waals surface area contributed by atoms with Crippen molar-refractivity contribution in [3.05, 3.63) is 54.0 Å². The summed E-state index contributed by atoms with van der Waals surface area (Å²) >= 11 is 0. The highest BCUT2D eigenvalue weighted by atomic mass is 19.1. The van der Waals surface area contributed by atoms with Gasteiger partial charge in [-0.3, -0.25) is 4.79 Å². The molecule has 1 aromatic carbocycles. The minimum atomic E-state index is -0.385. The molecule has 6 heteroatoms. The number of hydrogen-bond acceptors (Lipinski definition) is 4. The number of nitrogens with one attached hydrogen (secondary N) is 2. The fourth-order valence-electron chi connectivity index (χ4n) is 1.76. The van der Waals surface area contributed by atoms with Crippen LogP contribution in [0.25, 0.3) is 0 Å². The van der Waals surface area contributed by atoms with Crippen molar-refractivity contribution >= 4 is 11.6 Å². The molecule has 0 unspecified atom stereocenters. The number of methoxy groups -OCH3 is 1. The van der Waals surface area contributed by atoms with E-state index in [0.717, 1.165) is 5.56 Å². The van der Waals surface area contributed by atoms with Crippen LogP contribution in [0, 0.1) is 5.82 Å². The van der Waals surface area contributed by atoms with Crippen molar-refractivity contribution in [1.82, 2.24) is 10.3 Å². The first-order valence-corrected chi connectivity index (χ1v) is 6.42. The van der Waals surface area contributed by atoms with Crippen LogP contribution in [0.15, 0.2) is 42.6 Å². The molecule has 0 aliphatic carbocycles. The zero-order valence-corrected chi connectivity index (χ0v) is 11.6. The number of aromatic nitrogens is 1.